The largest absolute Gasteiger partial charge is 0.362 e. The molecular weight excluding hydrogens is 360 g/mol. The Kier molecular flexibility index (Phi) is 6.00. The summed E-state index contributed by atoms with van der Waals surface area (Å²) in [5.41, 5.74) is 2.33. The van der Waals surface area contributed by atoms with Gasteiger partial charge in [-0.2, -0.15) is 4.98 Å². The van der Waals surface area contributed by atoms with Gasteiger partial charge in [0.2, 0.25) is 5.95 Å². The average Bonchev–Trinajstić information content (AvgIpc) is 3.13. The minimum Gasteiger partial charge on any atom is -0.362 e. The summed E-state index contributed by atoms with van der Waals surface area (Å²) in [6, 6.07) is 13.0. The van der Waals surface area contributed by atoms with Gasteiger partial charge in [0.25, 0.3) is 0 Å². The van der Waals surface area contributed by atoms with E-state index in [-0.39, 0.29) is 0 Å². The van der Waals surface area contributed by atoms with Gasteiger partial charge in [-0.3, -0.25) is 0 Å². The fourth-order valence-electron chi connectivity index (χ4n) is 4.24. The predicted octanol–water partition coefficient (Wildman–Crippen LogP) is 3.79. The molecule has 154 valence electrons. The van der Waals surface area contributed by atoms with Crippen LogP contribution in [-0.2, 0) is 13.6 Å². The van der Waals surface area contributed by atoms with Gasteiger partial charge in [0, 0.05) is 51.0 Å². The number of para-hydroxylation sites is 1. The fourth-order valence-corrected chi connectivity index (χ4v) is 4.24. The Balaban J connectivity index is 1.31. The number of aromatic nitrogens is 3. The van der Waals surface area contributed by atoms with Crippen molar-refractivity contribution in [1.82, 2.24) is 19.9 Å². The summed E-state index contributed by atoms with van der Waals surface area (Å²) in [4.78, 5) is 11.6. The van der Waals surface area contributed by atoms with Crippen molar-refractivity contribution < 1.29 is 0 Å². The van der Waals surface area contributed by atoms with E-state index in [9.17, 15) is 0 Å². The van der Waals surface area contributed by atoms with Crippen molar-refractivity contribution in [2.75, 3.05) is 30.9 Å². The normalized spacial score (nSPS) is 19.4. The topological polar surface area (TPSA) is 58.0 Å². The molecule has 6 heteroatoms. The van der Waals surface area contributed by atoms with Crippen LogP contribution in [0.25, 0.3) is 10.9 Å². The number of rotatable bonds is 7. The van der Waals surface area contributed by atoms with Crippen LogP contribution in [0.4, 0.5) is 11.8 Å². The van der Waals surface area contributed by atoms with E-state index < -0.39 is 0 Å². The average molecular weight is 393 g/mol. The number of hydrogen-bond donors (Lipinski definition) is 2. The number of aryl methyl sites for hydroxylation is 1. The molecular formula is C23H32N6. The van der Waals surface area contributed by atoms with E-state index in [0.717, 1.165) is 41.7 Å². The number of nitrogens with one attached hydrogen (secondary N) is 2. The van der Waals surface area contributed by atoms with Crippen molar-refractivity contribution in [2.24, 2.45) is 13.0 Å². The summed E-state index contributed by atoms with van der Waals surface area (Å²) >= 11 is 0. The first kappa shape index (κ1) is 19.7. The molecule has 29 heavy (non-hydrogen) atoms. The lowest BCUT2D eigenvalue weighted by atomic mass is 9.86. The van der Waals surface area contributed by atoms with Crippen molar-refractivity contribution in [3.05, 3.63) is 48.3 Å². The first-order chi connectivity index (χ1) is 14.1. The van der Waals surface area contributed by atoms with E-state index >= 15 is 0 Å². The lowest BCUT2D eigenvalue weighted by molar-refractivity contribution is 0.323. The lowest BCUT2D eigenvalue weighted by Crippen LogP contribution is -2.32. The van der Waals surface area contributed by atoms with E-state index in [1.54, 1.807) is 0 Å². The van der Waals surface area contributed by atoms with Crippen molar-refractivity contribution in [3.63, 3.8) is 0 Å². The Labute approximate surface area is 173 Å². The van der Waals surface area contributed by atoms with Gasteiger partial charge in [0.05, 0.1) is 5.52 Å². The van der Waals surface area contributed by atoms with Gasteiger partial charge >= 0.3 is 0 Å². The molecule has 1 fully saturated rings. The van der Waals surface area contributed by atoms with Gasteiger partial charge in [-0.05, 0) is 62.4 Å². The minimum absolute atomic E-state index is 0.454. The van der Waals surface area contributed by atoms with Gasteiger partial charge in [-0.25, -0.2) is 4.98 Å². The fraction of sp³-hybridized carbons (Fsp3) is 0.478. The van der Waals surface area contributed by atoms with Gasteiger partial charge in [0.15, 0.2) is 0 Å². The molecule has 0 aliphatic heterocycles. The number of hydrogen-bond acceptors (Lipinski definition) is 5. The van der Waals surface area contributed by atoms with E-state index in [4.69, 9.17) is 9.97 Å². The van der Waals surface area contributed by atoms with Crippen LogP contribution in [-0.4, -0.2) is 41.2 Å². The summed E-state index contributed by atoms with van der Waals surface area (Å²) < 4.78 is 2.18. The first-order valence-corrected chi connectivity index (χ1v) is 10.6. The van der Waals surface area contributed by atoms with Crippen LogP contribution in [0, 0.1) is 5.92 Å². The summed E-state index contributed by atoms with van der Waals surface area (Å²) in [6.07, 6.45) is 6.93. The van der Waals surface area contributed by atoms with E-state index in [2.05, 4.69) is 57.6 Å². The summed E-state index contributed by atoms with van der Waals surface area (Å²) in [7, 11) is 6.17. The minimum atomic E-state index is 0.454. The monoisotopic (exact) mass is 392 g/mol. The number of anilines is 2. The Morgan fingerprint density at radius 1 is 1.03 bits per heavy atom. The van der Waals surface area contributed by atoms with Crippen molar-refractivity contribution >= 4 is 22.7 Å². The second-order valence-electron chi connectivity index (χ2n) is 8.39. The van der Waals surface area contributed by atoms with E-state index in [1.807, 2.05) is 26.2 Å². The maximum Gasteiger partial charge on any atom is 0.225 e. The highest BCUT2D eigenvalue weighted by Crippen LogP contribution is 2.28. The molecule has 6 nitrogen and oxygen atoms in total. The molecule has 2 heterocycles. The van der Waals surface area contributed by atoms with Crippen LogP contribution in [0.2, 0.25) is 0 Å². The standard InChI is InChI=1S/C23H32N6/c1-28(2)22-20-8-4-5-9-21(20)26-23(27-22)25-18-12-10-17(11-13-18)15-24-16-19-7-6-14-29(19)3/h4-9,14,17-18,24H,10-13,15-16H2,1-3H3,(H,25,26,27). The van der Waals surface area contributed by atoms with Crippen LogP contribution < -0.4 is 15.5 Å². The molecule has 2 aromatic heterocycles. The second kappa shape index (κ2) is 8.82. The SMILES string of the molecule is CN(C)c1nc(NC2CCC(CNCc3cccn3C)CC2)nc2ccccc12. The number of benzene rings is 1. The van der Waals surface area contributed by atoms with Crippen molar-refractivity contribution in [1.29, 1.82) is 0 Å². The predicted molar refractivity (Wildman–Crippen MR) is 120 cm³/mol. The van der Waals surface area contributed by atoms with Crippen molar-refractivity contribution in [3.8, 4) is 0 Å². The highest BCUT2D eigenvalue weighted by molar-refractivity contribution is 5.90. The van der Waals surface area contributed by atoms with Crippen LogP contribution in [0.5, 0.6) is 0 Å². The van der Waals surface area contributed by atoms with Crippen LogP contribution in [0.3, 0.4) is 0 Å². The Morgan fingerprint density at radius 3 is 2.55 bits per heavy atom. The highest BCUT2D eigenvalue weighted by Gasteiger charge is 2.22. The lowest BCUT2D eigenvalue weighted by Gasteiger charge is -2.29. The summed E-state index contributed by atoms with van der Waals surface area (Å²) in [5, 5.41) is 8.33. The van der Waals surface area contributed by atoms with Gasteiger partial charge in [-0.15, -0.1) is 0 Å². The quantitative estimate of drug-likeness (QED) is 0.641. The second-order valence-corrected chi connectivity index (χ2v) is 8.39. The molecule has 0 amide bonds. The van der Waals surface area contributed by atoms with Gasteiger partial charge in [0.1, 0.15) is 5.82 Å². The highest BCUT2D eigenvalue weighted by atomic mass is 15.2. The molecule has 1 aliphatic carbocycles. The zero-order valence-electron chi connectivity index (χ0n) is 17.7. The molecule has 1 aromatic carbocycles. The molecule has 0 unspecified atom stereocenters. The molecule has 2 N–H and O–H groups in total. The molecule has 1 aliphatic rings. The third kappa shape index (κ3) is 4.70. The van der Waals surface area contributed by atoms with E-state index in [0.29, 0.717) is 6.04 Å². The van der Waals surface area contributed by atoms with Crippen LogP contribution >= 0.6 is 0 Å². The molecule has 4 rings (SSSR count). The van der Waals surface area contributed by atoms with Gasteiger partial charge in [-0.1, -0.05) is 12.1 Å². The molecule has 0 radical (unpaired) electrons. The molecule has 1 saturated carbocycles. The van der Waals surface area contributed by atoms with Gasteiger partial charge < -0.3 is 20.1 Å². The third-order valence-electron chi connectivity index (χ3n) is 5.98. The van der Waals surface area contributed by atoms with Crippen molar-refractivity contribution in [2.45, 2.75) is 38.3 Å². The van der Waals surface area contributed by atoms with Crippen LogP contribution in [0.1, 0.15) is 31.4 Å². The maximum atomic E-state index is 4.79. The molecule has 0 saturated heterocycles. The third-order valence-corrected chi connectivity index (χ3v) is 5.98. The Hall–Kier alpha value is -2.60. The Morgan fingerprint density at radius 2 is 1.83 bits per heavy atom. The smallest absolute Gasteiger partial charge is 0.225 e. The van der Waals surface area contributed by atoms with Crippen LogP contribution in [0.15, 0.2) is 42.6 Å². The number of nitrogens with zero attached hydrogens (tertiary/aromatic N) is 4. The summed E-state index contributed by atoms with van der Waals surface area (Å²) in [6.45, 7) is 2.04. The molecule has 0 spiro atoms. The Bertz CT molecular complexity index is 939. The summed E-state index contributed by atoms with van der Waals surface area (Å²) in [5.74, 6) is 2.47. The zero-order chi connectivity index (χ0) is 20.2. The first-order valence-electron chi connectivity index (χ1n) is 10.6. The zero-order valence-corrected chi connectivity index (χ0v) is 17.7. The number of fused-ring (bicyclic) bond motifs is 1. The molecule has 0 bridgehead atoms. The van der Waals surface area contributed by atoms with E-state index in [1.165, 1.54) is 31.4 Å². The molecule has 3 aromatic rings. The maximum absolute atomic E-state index is 4.79. The molecule has 0 atom stereocenters.